The van der Waals surface area contributed by atoms with Crippen molar-refractivity contribution in [3.8, 4) is 11.3 Å². The van der Waals surface area contributed by atoms with Gasteiger partial charge < -0.3 is 19.8 Å². The summed E-state index contributed by atoms with van der Waals surface area (Å²) in [4.78, 5) is 24.3. The Morgan fingerprint density at radius 2 is 2.00 bits per heavy atom. The molecule has 10 heteroatoms. The summed E-state index contributed by atoms with van der Waals surface area (Å²) in [6, 6.07) is 15.1. The van der Waals surface area contributed by atoms with Crippen LogP contribution in [-0.2, 0) is 11.2 Å². The van der Waals surface area contributed by atoms with Crippen molar-refractivity contribution < 1.29 is 13.9 Å². The number of carbonyl (C=O) groups is 1. The van der Waals surface area contributed by atoms with Gasteiger partial charge in [0, 0.05) is 34.3 Å². The quantitative estimate of drug-likeness (QED) is 0.163. The van der Waals surface area contributed by atoms with E-state index in [0.29, 0.717) is 35.4 Å². The van der Waals surface area contributed by atoms with Gasteiger partial charge in [0.05, 0.1) is 17.8 Å². The number of hydrogen-bond acceptors (Lipinski definition) is 9. The van der Waals surface area contributed by atoms with Gasteiger partial charge in [0.1, 0.15) is 5.01 Å². The van der Waals surface area contributed by atoms with Gasteiger partial charge in [-0.15, -0.1) is 11.3 Å². The Balaban J connectivity index is 1.34. The smallest absolute Gasteiger partial charge is 0.254 e. The van der Waals surface area contributed by atoms with Crippen LogP contribution in [0.5, 0.6) is 0 Å². The fourth-order valence-electron chi connectivity index (χ4n) is 5.04. The third kappa shape index (κ3) is 6.61. The molecule has 0 bridgehead atoms. The van der Waals surface area contributed by atoms with Crippen LogP contribution >= 0.6 is 11.3 Å². The number of nitrogens with one attached hydrogen (secondary N) is 2. The van der Waals surface area contributed by atoms with E-state index in [1.165, 1.54) is 12.0 Å². The normalized spacial score (nSPS) is 16.4. The van der Waals surface area contributed by atoms with Crippen molar-refractivity contribution in [3.05, 3.63) is 93.9 Å². The molecule has 2 aromatic heterocycles. The summed E-state index contributed by atoms with van der Waals surface area (Å²) in [6.45, 7) is 4.31. The monoisotopic (exact) mass is 570 g/mol. The highest BCUT2D eigenvalue weighted by molar-refractivity contribution is 7.09. The minimum absolute atomic E-state index is 0.0868. The number of rotatable bonds is 9. The molecule has 41 heavy (non-hydrogen) atoms. The lowest BCUT2D eigenvalue weighted by atomic mass is 9.94. The van der Waals surface area contributed by atoms with Crippen LogP contribution in [-0.4, -0.2) is 44.7 Å². The second-order valence-electron chi connectivity index (χ2n) is 10.7. The van der Waals surface area contributed by atoms with Crippen molar-refractivity contribution in [2.24, 2.45) is 5.73 Å². The number of ether oxygens (including phenoxy) is 1. The number of hydrogen-bond donors (Lipinski definition) is 3. The van der Waals surface area contributed by atoms with Crippen LogP contribution in [0.25, 0.3) is 11.3 Å². The molecule has 1 saturated heterocycles. The van der Waals surface area contributed by atoms with Gasteiger partial charge in [-0.05, 0) is 69.7 Å². The molecule has 4 aromatic rings. The number of amides is 1. The van der Waals surface area contributed by atoms with E-state index in [-0.39, 0.29) is 23.7 Å². The molecule has 2 aromatic carbocycles. The standard InChI is InChI=1S/C31H34N6O3S/c1-20-18-41-28(36-20)25-11-7-13-37(25)29(38)24-15-22(26-17-35-19-39-26)14-23(16-24)27(32)40-30(33)31(2,34)12-6-10-21-8-4-3-5-9-21/h3-5,8-9,14-19,25,32-33H,6-7,10-13,34H2,1-2H3. The molecule has 1 aliphatic rings. The summed E-state index contributed by atoms with van der Waals surface area (Å²) in [5.41, 5.74) is 8.87. The third-order valence-electron chi connectivity index (χ3n) is 7.32. The molecule has 2 unspecified atom stereocenters. The molecular weight excluding hydrogens is 536 g/mol. The summed E-state index contributed by atoms with van der Waals surface area (Å²) in [5.74, 6) is -0.164. The van der Waals surface area contributed by atoms with Crippen LogP contribution in [0.4, 0.5) is 0 Å². The number of aryl methyl sites for hydroxylation is 2. The zero-order valence-electron chi connectivity index (χ0n) is 23.2. The Morgan fingerprint density at radius 1 is 1.22 bits per heavy atom. The number of benzene rings is 2. The average Bonchev–Trinajstić information content (AvgIpc) is 3.75. The maximum absolute atomic E-state index is 13.8. The summed E-state index contributed by atoms with van der Waals surface area (Å²) >= 11 is 1.57. The average molecular weight is 571 g/mol. The SMILES string of the molecule is Cc1csc(C2CCCN2C(=O)c2cc(C(=N)OC(=N)C(C)(N)CCCc3ccccc3)cc(-c3cnco3)c2)n1. The van der Waals surface area contributed by atoms with Gasteiger partial charge >= 0.3 is 0 Å². The lowest BCUT2D eigenvalue weighted by Gasteiger charge is -2.26. The highest BCUT2D eigenvalue weighted by Crippen LogP contribution is 2.35. The van der Waals surface area contributed by atoms with E-state index < -0.39 is 5.54 Å². The van der Waals surface area contributed by atoms with Crippen LogP contribution < -0.4 is 5.73 Å². The summed E-state index contributed by atoms with van der Waals surface area (Å²) in [6.07, 6.45) is 6.73. The van der Waals surface area contributed by atoms with Gasteiger partial charge in [-0.25, -0.2) is 9.97 Å². The molecule has 0 aliphatic carbocycles. The minimum atomic E-state index is -1.06. The fraction of sp³-hybridized carbons (Fsp3) is 0.323. The first-order valence-corrected chi connectivity index (χ1v) is 14.5. The van der Waals surface area contributed by atoms with Crippen molar-refractivity contribution in [1.82, 2.24) is 14.9 Å². The molecule has 1 aliphatic heterocycles. The summed E-state index contributed by atoms with van der Waals surface area (Å²) < 4.78 is 11.2. The van der Waals surface area contributed by atoms with Crippen molar-refractivity contribution >= 4 is 29.0 Å². The molecule has 5 rings (SSSR count). The number of likely N-dealkylation sites (tertiary alicyclic amines) is 1. The fourth-order valence-corrected chi connectivity index (χ4v) is 5.98. The van der Waals surface area contributed by atoms with Crippen LogP contribution in [0.1, 0.15) is 70.8 Å². The van der Waals surface area contributed by atoms with E-state index in [2.05, 4.69) is 22.1 Å². The highest BCUT2D eigenvalue weighted by Gasteiger charge is 2.33. The van der Waals surface area contributed by atoms with E-state index in [4.69, 9.17) is 25.7 Å². The van der Waals surface area contributed by atoms with Gasteiger partial charge in [-0.3, -0.25) is 15.6 Å². The molecule has 212 valence electrons. The molecule has 1 fully saturated rings. The molecule has 1 amide bonds. The first-order valence-electron chi connectivity index (χ1n) is 13.7. The Kier molecular flexibility index (Phi) is 8.41. The van der Waals surface area contributed by atoms with Gasteiger partial charge in [-0.2, -0.15) is 0 Å². The number of carbonyl (C=O) groups excluding carboxylic acids is 1. The predicted molar refractivity (Wildman–Crippen MR) is 159 cm³/mol. The maximum atomic E-state index is 13.8. The number of nitrogens with zero attached hydrogens (tertiary/aromatic N) is 3. The van der Waals surface area contributed by atoms with Crippen molar-refractivity contribution in [1.29, 1.82) is 10.8 Å². The molecule has 0 saturated carbocycles. The lowest BCUT2D eigenvalue weighted by Crippen LogP contribution is -2.46. The van der Waals surface area contributed by atoms with Crippen molar-refractivity contribution in [2.75, 3.05) is 6.54 Å². The predicted octanol–water partition coefficient (Wildman–Crippen LogP) is 6.14. The van der Waals surface area contributed by atoms with E-state index in [1.807, 2.05) is 35.4 Å². The van der Waals surface area contributed by atoms with Crippen LogP contribution in [0.3, 0.4) is 0 Å². The van der Waals surface area contributed by atoms with E-state index in [9.17, 15) is 4.79 Å². The van der Waals surface area contributed by atoms with Crippen LogP contribution in [0.15, 0.2) is 70.9 Å². The van der Waals surface area contributed by atoms with Crippen molar-refractivity contribution in [3.63, 3.8) is 0 Å². The lowest BCUT2D eigenvalue weighted by molar-refractivity contribution is 0.0735. The van der Waals surface area contributed by atoms with Gasteiger partial charge in [0.2, 0.25) is 11.8 Å². The van der Waals surface area contributed by atoms with E-state index in [1.54, 1.807) is 42.7 Å². The van der Waals surface area contributed by atoms with E-state index >= 15 is 0 Å². The Hall–Kier alpha value is -4.15. The number of nitrogens with two attached hydrogens (primary N) is 1. The molecule has 4 N–H and O–H groups in total. The zero-order chi connectivity index (χ0) is 29.0. The Labute approximate surface area is 243 Å². The molecule has 3 heterocycles. The second-order valence-corrected chi connectivity index (χ2v) is 11.6. The second kappa shape index (κ2) is 12.2. The Bertz CT molecular complexity index is 1530. The Morgan fingerprint density at radius 3 is 2.71 bits per heavy atom. The van der Waals surface area contributed by atoms with Crippen LogP contribution in [0.2, 0.25) is 0 Å². The molecule has 0 radical (unpaired) electrons. The first kappa shape index (κ1) is 28.4. The van der Waals surface area contributed by atoms with Gasteiger partial charge in [0.15, 0.2) is 12.2 Å². The maximum Gasteiger partial charge on any atom is 0.254 e. The first-order chi connectivity index (χ1) is 19.7. The van der Waals surface area contributed by atoms with E-state index in [0.717, 1.165) is 36.4 Å². The highest BCUT2D eigenvalue weighted by atomic mass is 32.1. The molecule has 0 spiro atoms. The van der Waals surface area contributed by atoms with Gasteiger partial charge in [0.25, 0.3) is 5.91 Å². The van der Waals surface area contributed by atoms with Crippen molar-refractivity contribution in [2.45, 2.75) is 57.5 Å². The minimum Gasteiger partial charge on any atom is -0.444 e. The number of thiazole rings is 1. The summed E-state index contributed by atoms with van der Waals surface area (Å²) in [5, 5.41) is 20.2. The topological polar surface area (TPSA) is 142 Å². The summed E-state index contributed by atoms with van der Waals surface area (Å²) in [7, 11) is 0. The molecular formula is C31H34N6O3S. The number of aromatic nitrogens is 2. The van der Waals surface area contributed by atoms with Crippen LogP contribution in [0, 0.1) is 17.7 Å². The largest absolute Gasteiger partial charge is 0.444 e. The number of oxazole rings is 1. The van der Waals surface area contributed by atoms with Gasteiger partial charge in [-0.1, -0.05) is 30.3 Å². The molecule has 9 nitrogen and oxygen atoms in total. The third-order valence-corrected chi connectivity index (χ3v) is 8.39. The zero-order valence-corrected chi connectivity index (χ0v) is 24.0. The molecule has 2 atom stereocenters.